The molecule has 126 valence electrons. The average Bonchev–Trinajstić information content (AvgIpc) is 2.86. The molecule has 0 fully saturated rings. The highest BCUT2D eigenvalue weighted by atomic mass is 32.2. The highest BCUT2D eigenvalue weighted by Crippen LogP contribution is 2.31. The van der Waals surface area contributed by atoms with E-state index in [1.165, 1.54) is 0 Å². The minimum absolute atomic E-state index is 0.0263. The third kappa shape index (κ3) is 3.22. The molecule has 5 heteroatoms. The Morgan fingerprint density at radius 3 is 2.38 bits per heavy atom. The van der Waals surface area contributed by atoms with E-state index < -0.39 is 0 Å². The predicted molar refractivity (Wildman–Crippen MR) is 105 cm³/mol. The Labute approximate surface area is 147 Å². The van der Waals surface area contributed by atoms with Gasteiger partial charge < -0.3 is 14.6 Å². The first-order chi connectivity index (χ1) is 11.3. The molecule has 1 heterocycles. The standard InChI is InChI=1S/C19H24N4S/c1-19(2,3)18-21-16-12-14(8-11-17(16)22(18)4)23(5)24-15-9-6-13(20)7-10-15/h6-12H,20H2,1-5H3. The van der Waals surface area contributed by atoms with Gasteiger partial charge in [0.15, 0.2) is 0 Å². The number of aryl methyl sites for hydroxylation is 1. The lowest BCUT2D eigenvalue weighted by atomic mass is 9.96. The van der Waals surface area contributed by atoms with Crippen molar-refractivity contribution in [3.8, 4) is 0 Å². The van der Waals surface area contributed by atoms with E-state index in [1.807, 2.05) is 24.3 Å². The van der Waals surface area contributed by atoms with Crippen molar-refractivity contribution in [2.45, 2.75) is 31.1 Å². The largest absolute Gasteiger partial charge is 0.399 e. The summed E-state index contributed by atoms with van der Waals surface area (Å²) in [4.78, 5) is 6.01. The van der Waals surface area contributed by atoms with E-state index in [0.717, 1.165) is 33.1 Å². The SMILES string of the molecule is CN(Sc1ccc(N)cc1)c1ccc2c(c1)nc(C(C)(C)C)n2C. The summed E-state index contributed by atoms with van der Waals surface area (Å²) in [5.74, 6) is 1.10. The van der Waals surface area contributed by atoms with Crippen LogP contribution < -0.4 is 10.0 Å². The molecule has 0 amide bonds. The van der Waals surface area contributed by atoms with Crippen molar-refractivity contribution in [3.05, 3.63) is 48.3 Å². The van der Waals surface area contributed by atoms with E-state index in [1.54, 1.807) is 11.9 Å². The van der Waals surface area contributed by atoms with E-state index in [4.69, 9.17) is 10.7 Å². The zero-order valence-corrected chi connectivity index (χ0v) is 15.7. The number of aromatic nitrogens is 2. The first-order valence-corrected chi connectivity index (χ1v) is 8.77. The third-order valence-corrected chi connectivity index (χ3v) is 4.99. The van der Waals surface area contributed by atoms with Gasteiger partial charge in [0.05, 0.1) is 11.0 Å². The maximum atomic E-state index is 5.75. The van der Waals surface area contributed by atoms with Crippen molar-refractivity contribution < 1.29 is 0 Å². The van der Waals surface area contributed by atoms with Crippen molar-refractivity contribution in [1.29, 1.82) is 0 Å². The molecule has 3 aromatic rings. The Kier molecular flexibility index (Phi) is 4.22. The lowest BCUT2D eigenvalue weighted by Crippen LogP contribution is -2.17. The molecule has 4 nitrogen and oxygen atoms in total. The van der Waals surface area contributed by atoms with Gasteiger partial charge >= 0.3 is 0 Å². The quantitative estimate of drug-likeness (QED) is 0.559. The second-order valence-corrected chi connectivity index (χ2v) is 8.28. The number of hydrogen-bond acceptors (Lipinski definition) is 4. The van der Waals surface area contributed by atoms with Crippen molar-refractivity contribution >= 4 is 34.4 Å². The topological polar surface area (TPSA) is 47.1 Å². The number of nitrogens with two attached hydrogens (primary N) is 1. The smallest absolute Gasteiger partial charge is 0.115 e. The van der Waals surface area contributed by atoms with Gasteiger partial charge in [0.1, 0.15) is 5.82 Å². The summed E-state index contributed by atoms with van der Waals surface area (Å²) < 4.78 is 4.34. The van der Waals surface area contributed by atoms with E-state index in [2.05, 4.69) is 61.9 Å². The lowest BCUT2D eigenvalue weighted by molar-refractivity contribution is 0.526. The Hall–Kier alpha value is -2.14. The summed E-state index contributed by atoms with van der Waals surface area (Å²) in [6.07, 6.45) is 0. The molecule has 0 bridgehead atoms. The maximum Gasteiger partial charge on any atom is 0.115 e. The molecule has 24 heavy (non-hydrogen) atoms. The van der Waals surface area contributed by atoms with Crippen molar-refractivity contribution in [3.63, 3.8) is 0 Å². The van der Waals surface area contributed by atoms with Crippen LogP contribution in [0.2, 0.25) is 0 Å². The third-order valence-electron chi connectivity index (χ3n) is 4.02. The summed E-state index contributed by atoms with van der Waals surface area (Å²) in [5.41, 5.74) is 9.88. The molecular formula is C19H24N4S. The van der Waals surface area contributed by atoms with E-state index >= 15 is 0 Å². The van der Waals surface area contributed by atoms with Gasteiger partial charge in [-0.25, -0.2) is 4.98 Å². The highest BCUT2D eigenvalue weighted by molar-refractivity contribution is 8.00. The van der Waals surface area contributed by atoms with Crippen LogP contribution in [0.1, 0.15) is 26.6 Å². The van der Waals surface area contributed by atoms with Crippen LogP contribution in [0.5, 0.6) is 0 Å². The fourth-order valence-electron chi connectivity index (χ4n) is 2.79. The fraction of sp³-hybridized carbons (Fsp3) is 0.316. The van der Waals surface area contributed by atoms with Crippen LogP contribution in [0.3, 0.4) is 0 Å². The van der Waals surface area contributed by atoms with Gasteiger partial charge in [0, 0.05) is 35.8 Å². The van der Waals surface area contributed by atoms with Crippen molar-refractivity contribution in [2.75, 3.05) is 17.1 Å². The lowest BCUT2D eigenvalue weighted by Gasteiger charge is -2.18. The molecule has 0 spiro atoms. The van der Waals surface area contributed by atoms with Crippen LogP contribution in [0.4, 0.5) is 11.4 Å². The molecule has 0 aliphatic heterocycles. The molecule has 0 unspecified atom stereocenters. The average molecular weight is 340 g/mol. The fourth-order valence-corrected chi connectivity index (χ4v) is 3.59. The minimum Gasteiger partial charge on any atom is -0.399 e. The number of nitrogens with zero attached hydrogens (tertiary/aromatic N) is 3. The van der Waals surface area contributed by atoms with Gasteiger partial charge in [-0.15, -0.1) is 0 Å². The van der Waals surface area contributed by atoms with Gasteiger partial charge in [-0.1, -0.05) is 20.8 Å². The zero-order chi connectivity index (χ0) is 17.5. The molecule has 0 saturated carbocycles. The van der Waals surface area contributed by atoms with E-state index in [-0.39, 0.29) is 5.41 Å². The van der Waals surface area contributed by atoms with E-state index in [0.29, 0.717) is 0 Å². The van der Waals surface area contributed by atoms with Crippen LogP contribution in [0.15, 0.2) is 47.4 Å². The first-order valence-electron chi connectivity index (χ1n) is 8.00. The molecule has 1 aromatic heterocycles. The maximum absolute atomic E-state index is 5.75. The number of anilines is 2. The Bertz CT molecular complexity index is 859. The summed E-state index contributed by atoms with van der Waals surface area (Å²) in [7, 11) is 4.15. The molecule has 0 aliphatic carbocycles. The number of hydrogen-bond donors (Lipinski definition) is 1. The second-order valence-electron chi connectivity index (χ2n) is 7.08. The second kappa shape index (κ2) is 6.06. The van der Waals surface area contributed by atoms with Gasteiger partial charge in [0.25, 0.3) is 0 Å². The molecule has 2 N–H and O–H groups in total. The predicted octanol–water partition coefficient (Wildman–Crippen LogP) is 4.60. The summed E-state index contributed by atoms with van der Waals surface area (Å²) in [5, 5.41) is 0. The van der Waals surface area contributed by atoms with Gasteiger partial charge in [-0.05, 0) is 54.4 Å². The number of benzene rings is 2. The number of nitrogen functional groups attached to an aromatic ring is 1. The van der Waals surface area contributed by atoms with Crippen LogP contribution in [-0.2, 0) is 12.5 Å². The van der Waals surface area contributed by atoms with Crippen LogP contribution in [-0.4, -0.2) is 16.6 Å². The highest BCUT2D eigenvalue weighted by Gasteiger charge is 2.21. The van der Waals surface area contributed by atoms with Crippen LogP contribution >= 0.6 is 11.9 Å². The Balaban J connectivity index is 1.91. The van der Waals surface area contributed by atoms with Crippen molar-refractivity contribution in [1.82, 2.24) is 9.55 Å². The molecule has 0 radical (unpaired) electrons. The summed E-state index contributed by atoms with van der Waals surface area (Å²) in [6.45, 7) is 6.58. The first kappa shape index (κ1) is 16.7. The van der Waals surface area contributed by atoms with Crippen LogP contribution in [0, 0.1) is 0 Å². The van der Waals surface area contributed by atoms with Gasteiger partial charge in [-0.2, -0.15) is 0 Å². The summed E-state index contributed by atoms with van der Waals surface area (Å²) in [6, 6.07) is 14.4. The van der Waals surface area contributed by atoms with Crippen molar-refractivity contribution in [2.24, 2.45) is 7.05 Å². The van der Waals surface area contributed by atoms with Crippen LogP contribution in [0.25, 0.3) is 11.0 Å². The van der Waals surface area contributed by atoms with E-state index in [9.17, 15) is 0 Å². The molecule has 0 saturated heterocycles. The zero-order valence-electron chi connectivity index (χ0n) is 14.9. The number of rotatable bonds is 3. The minimum atomic E-state index is 0.0263. The number of imidazole rings is 1. The monoisotopic (exact) mass is 340 g/mol. The molecule has 2 aromatic carbocycles. The molecular weight excluding hydrogens is 316 g/mol. The normalized spacial score (nSPS) is 11.9. The van der Waals surface area contributed by atoms with Gasteiger partial charge in [-0.3, -0.25) is 0 Å². The Morgan fingerprint density at radius 2 is 1.75 bits per heavy atom. The Morgan fingerprint density at radius 1 is 1.08 bits per heavy atom. The number of fused-ring (bicyclic) bond motifs is 1. The van der Waals surface area contributed by atoms with Gasteiger partial charge in [0.2, 0.25) is 0 Å². The summed E-state index contributed by atoms with van der Waals surface area (Å²) >= 11 is 1.67. The molecule has 3 rings (SSSR count). The molecule has 0 aliphatic rings. The molecule has 0 atom stereocenters.